The molecule has 0 aliphatic rings. The monoisotopic (exact) mass is 238 g/mol. The number of aromatic amines is 1. The molecular formula is C13H11BN2O2. The molecular weight excluding hydrogens is 227 g/mol. The van der Waals surface area contributed by atoms with Crippen molar-refractivity contribution in [2.45, 2.75) is 0 Å². The quantitative estimate of drug-likeness (QED) is 0.581. The van der Waals surface area contributed by atoms with E-state index in [0.29, 0.717) is 5.65 Å². The summed E-state index contributed by atoms with van der Waals surface area (Å²) in [4.78, 5) is 7.21. The first-order valence-corrected chi connectivity index (χ1v) is 5.65. The summed E-state index contributed by atoms with van der Waals surface area (Å²) in [7, 11) is -1.54. The molecule has 0 aliphatic heterocycles. The van der Waals surface area contributed by atoms with Crippen molar-refractivity contribution in [1.29, 1.82) is 0 Å². The van der Waals surface area contributed by atoms with Crippen molar-refractivity contribution in [1.82, 2.24) is 9.97 Å². The number of aromatic nitrogens is 2. The largest absolute Gasteiger partial charge is 0.508 e. The molecule has 0 aliphatic carbocycles. The first-order chi connectivity index (χ1) is 8.75. The van der Waals surface area contributed by atoms with Gasteiger partial charge in [-0.15, -0.1) is 0 Å². The van der Waals surface area contributed by atoms with E-state index < -0.39 is 7.12 Å². The van der Waals surface area contributed by atoms with Crippen LogP contribution >= 0.6 is 0 Å². The van der Waals surface area contributed by atoms with Crippen molar-refractivity contribution < 1.29 is 10.0 Å². The molecule has 2 heterocycles. The molecule has 0 saturated carbocycles. The number of nitrogens with one attached hydrogen (secondary N) is 1. The Kier molecular flexibility index (Phi) is 2.62. The average Bonchev–Trinajstić information content (AvgIpc) is 2.82. The standard InChI is InChI=1S/C13H11BN2O2/c17-14(18)12-7-6-10-11(8-15-13(10)16-12)9-4-2-1-3-5-9/h1-8,17-18H,(H,15,16). The number of hydrogen-bond donors (Lipinski definition) is 3. The molecule has 0 radical (unpaired) electrons. The number of benzene rings is 1. The van der Waals surface area contributed by atoms with Crippen molar-refractivity contribution >= 4 is 23.7 Å². The Bertz CT molecular complexity index is 680. The van der Waals surface area contributed by atoms with Crippen molar-refractivity contribution in [3.63, 3.8) is 0 Å². The third-order valence-electron chi connectivity index (χ3n) is 2.91. The Morgan fingerprint density at radius 3 is 2.50 bits per heavy atom. The summed E-state index contributed by atoms with van der Waals surface area (Å²) in [6, 6.07) is 13.4. The van der Waals surface area contributed by atoms with Gasteiger partial charge < -0.3 is 15.0 Å². The Labute approximate surface area is 104 Å². The highest BCUT2D eigenvalue weighted by molar-refractivity contribution is 6.57. The molecule has 1 aromatic carbocycles. The minimum atomic E-state index is -1.54. The minimum Gasteiger partial charge on any atom is -0.422 e. The maximum absolute atomic E-state index is 9.09. The van der Waals surface area contributed by atoms with Crippen LogP contribution in [-0.2, 0) is 0 Å². The van der Waals surface area contributed by atoms with Gasteiger partial charge in [-0.2, -0.15) is 0 Å². The van der Waals surface area contributed by atoms with Gasteiger partial charge in [0.15, 0.2) is 0 Å². The maximum atomic E-state index is 9.09. The lowest BCUT2D eigenvalue weighted by Crippen LogP contribution is -2.32. The van der Waals surface area contributed by atoms with Crippen molar-refractivity contribution in [3.05, 3.63) is 48.7 Å². The van der Waals surface area contributed by atoms with Gasteiger partial charge in [-0.05, 0) is 17.7 Å². The molecule has 0 amide bonds. The molecule has 4 nitrogen and oxygen atoms in total. The maximum Gasteiger partial charge on any atom is 0.508 e. The number of fused-ring (bicyclic) bond motifs is 1. The molecule has 2 aromatic heterocycles. The topological polar surface area (TPSA) is 69.1 Å². The van der Waals surface area contributed by atoms with E-state index in [1.165, 1.54) is 0 Å². The number of rotatable bonds is 2. The fourth-order valence-electron chi connectivity index (χ4n) is 2.02. The molecule has 5 heteroatoms. The average molecular weight is 238 g/mol. The normalized spacial score (nSPS) is 10.8. The van der Waals surface area contributed by atoms with E-state index in [4.69, 9.17) is 10.0 Å². The van der Waals surface area contributed by atoms with Gasteiger partial charge in [0.05, 0.1) is 5.59 Å². The second kappa shape index (κ2) is 4.29. The summed E-state index contributed by atoms with van der Waals surface area (Å²) >= 11 is 0. The number of hydrogen-bond acceptors (Lipinski definition) is 3. The van der Waals surface area contributed by atoms with Gasteiger partial charge >= 0.3 is 7.12 Å². The second-order valence-electron chi connectivity index (χ2n) is 4.07. The number of nitrogens with zero attached hydrogens (tertiary/aromatic N) is 1. The van der Waals surface area contributed by atoms with Crippen LogP contribution in [0.1, 0.15) is 0 Å². The molecule has 0 spiro atoms. The highest BCUT2D eigenvalue weighted by Crippen LogP contribution is 2.26. The smallest absolute Gasteiger partial charge is 0.422 e. The molecule has 0 bridgehead atoms. The van der Waals surface area contributed by atoms with Crippen LogP contribution in [0.2, 0.25) is 0 Å². The second-order valence-corrected chi connectivity index (χ2v) is 4.07. The molecule has 0 unspecified atom stereocenters. The van der Waals surface area contributed by atoms with Gasteiger partial charge in [0.1, 0.15) is 5.65 Å². The summed E-state index contributed by atoms with van der Waals surface area (Å²) in [5.74, 6) is 0. The zero-order valence-electron chi connectivity index (χ0n) is 9.54. The molecule has 0 fully saturated rings. The molecule has 0 atom stereocenters. The third kappa shape index (κ3) is 1.79. The third-order valence-corrected chi connectivity index (χ3v) is 2.91. The lowest BCUT2D eigenvalue weighted by Gasteiger charge is -2.00. The molecule has 3 N–H and O–H groups in total. The fourth-order valence-corrected chi connectivity index (χ4v) is 2.02. The Balaban J connectivity index is 2.16. The van der Waals surface area contributed by atoms with E-state index in [1.54, 1.807) is 6.07 Å². The summed E-state index contributed by atoms with van der Waals surface area (Å²) in [5.41, 5.74) is 3.04. The summed E-state index contributed by atoms with van der Waals surface area (Å²) in [5, 5.41) is 19.1. The lowest BCUT2D eigenvalue weighted by molar-refractivity contribution is 0.424. The zero-order chi connectivity index (χ0) is 12.5. The van der Waals surface area contributed by atoms with Gasteiger partial charge in [0.25, 0.3) is 0 Å². The van der Waals surface area contributed by atoms with Crippen molar-refractivity contribution in [3.8, 4) is 11.1 Å². The Hall–Kier alpha value is -2.11. The summed E-state index contributed by atoms with van der Waals surface area (Å²) < 4.78 is 0. The van der Waals surface area contributed by atoms with Crippen LogP contribution < -0.4 is 5.59 Å². The Morgan fingerprint density at radius 2 is 1.78 bits per heavy atom. The van der Waals surface area contributed by atoms with Crippen LogP contribution in [0.3, 0.4) is 0 Å². The molecule has 0 saturated heterocycles. The predicted molar refractivity (Wildman–Crippen MR) is 71.4 cm³/mol. The zero-order valence-corrected chi connectivity index (χ0v) is 9.54. The van der Waals surface area contributed by atoms with E-state index in [-0.39, 0.29) is 5.59 Å². The highest BCUT2D eigenvalue weighted by Gasteiger charge is 2.15. The van der Waals surface area contributed by atoms with Crippen molar-refractivity contribution in [2.75, 3.05) is 0 Å². The molecule has 3 rings (SSSR count). The first-order valence-electron chi connectivity index (χ1n) is 5.65. The van der Waals surface area contributed by atoms with E-state index >= 15 is 0 Å². The van der Waals surface area contributed by atoms with Crippen LogP contribution in [0.25, 0.3) is 22.2 Å². The van der Waals surface area contributed by atoms with Crippen LogP contribution in [0.5, 0.6) is 0 Å². The van der Waals surface area contributed by atoms with Crippen molar-refractivity contribution in [2.24, 2.45) is 0 Å². The van der Waals surface area contributed by atoms with E-state index in [1.807, 2.05) is 42.6 Å². The van der Waals surface area contributed by atoms with E-state index in [0.717, 1.165) is 16.5 Å². The summed E-state index contributed by atoms with van der Waals surface area (Å²) in [6.45, 7) is 0. The van der Waals surface area contributed by atoms with Crippen LogP contribution in [0, 0.1) is 0 Å². The van der Waals surface area contributed by atoms with Gasteiger partial charge in [-0.1, -0.05) is 30.3 Å². The Morgan fingerprint density at radius 1 is 1.00 bits per heavy atom. The molecule has 88 valence electrons. The predicted octanol–water partition coefficient (Wildman–Crippen LogP) is 0.910. The van der Waals surface area contributed by atoms with Gasteiger partial charge in [-0.3, -0.25) is 0 Å². The minimum absolute atomic E-state index is 0.240. The molecule has 3 aromatic rings. The SMILES string of the molecule is OB(O)c1ccc2c(-c3ccccc3)c[nH]c2n1. The lowest BCUT2D eigenvalue weighted by atomic mass is 9.85. The molecule has 18 heavy (non-hydrogen) atoms. The highest BCUT2D eigenvalue weighted by atomic mass is 16.4. The van der Waals surface area contributed by atoms with Gasteiger partial charge in [0.2, 0.25) is 0 Å². The van der Waals surface area contributed by atoms with E-state index in [9.17, 15) is 0 Å². The summed E-state index contributed by atoms with van der Waals surface area (Å²) in [6.07, 6.45) is 1.88. The van der Waals surface area contributed by atoms with Crippen LogP contribution in [-0.4, -0.2) is 27.1 Å². The van der Waals surface area contributed by atoms with Gasteiger partial charge in [-0.25, -0.2) is 4.98 Å². The fraction of sp³-hybridized carbons (Fsp3) is 0. The van der Waals surface area contributed by atoms with Crippen LogP contribution in [0.15, 0.2) is 48.7 Å². The van der Waals surface area contributed by atoms with E-state index in [2.05, 4.69) is 9.97 Å². The van der Waals surface area contributed by atoms with Crippen LogP contribution in [0.4, 0.5) is 0 Å². The van der Waals surface area contributed by atoms with Gasteiger partial charge in [0, 0.05) is 17.1 Å². The number of H-pyrrole nitrogens is 1. The first kappa shape index (κ1) is 11.0. The number of pyridine rings is 1.